The van der Waals surface area contributed by atoms with Gasteiger partial charge in [0.25, 0.3) is 5.91 Å². The largest absolute Gasteiger partial charge is 0.394 e. The van der Waals surface area contributed by atoms with Crippen LogP contribution in [0, 0.1) is 0 Å². The molecule has 7 nitrogen and oxygen atoms in total. The molecule has 1 aliphatic heterocycles. The van der Waals surface area contributed by atoms with E-state index in [1.807, 2.05) is 28.5 Å². The number of fused-ring (bicyclic) bond motifs is 1. The fraction of sp³-hybridized carbons (Fsp3) is 0.333. The van der Waals surface area contributed by atoms with Crippen LogP contribution in [-0.2, 0) is 0 Å². The molecule has 1 aliphatic rings. The summed E-state index contributed by atoms with van der Waals surface area (Å²) in [4.78, 5) is 27.8. The fourth-order valence-electron chi connectivity index (χ4n) is 3.12. The van der Waals surface area contributed by atoms with Gasteiger partial charge in [0, 0.05) is 25.5 Å². The minimum atomic E-state index is -0.394. The molecule has 0 bridgehead atoms. The Bertz CT molecular complexity index is 908. The van der Waals surface area contributed by atoms with E-state index in [2.05, 4.69) is 20.3 Å². The van der Waals surface area contributed by atoms with Crippen molar-refractivity contribution in [1.29, 1.82) is 0 Å². The monoisotopic (exact) mass is 369 g/mol. The summed E-state index contributed by atoms with van der Waals surface area (Å²) in [7, 11) is 0. The van der Waals surface area contributed by atoms with Gasteiger partial charge in [-0.2, -0.15) is 0 Å². The molecule has 8 heteroatoms. The summed E-state index contributed by atoms with van der Waals surface area (Å²) in [6, 6.07) is 5.17. The topological polar surface area (TPSA) is 91.2 Å². The van der Waals surface area contributed by atoms with E-state index in [1.165, 1.54) is 11.3 Å². The number of hydrogen-bond acceptors (Lipinski definition) is 7. The molecular formula is C18H19N5O2S. The van der Waals surface area contributed by atoms with Crippen LogP contribution in [0.15, 0.2) is 36.0 Å². The summed E-state index contributed by atoms with van der Waals surface area (Å²) in [6.45, 7) is 1.41. The average molecular weight is 369 g/mol. The number of likely N-dealkylation sites (tertiary alicyclic amines) is 1. The predicted octanol–water partition coefficient (Wildman–Crippen LogP) is 2.47. The number of amides is 1. The zero-order valence-electron chi connectivity index (χ0n) is 14.1. The second kappa shape index (κ2) is 7.35. The molecule has 2 N–H and O–H groups in total. The highest BCUT2D eigenvalue weighted by Crippen LogP contribution is 2.27. The summed E-state index contributed by atoms with van der Waals surface area (Å²) in [5.41, 5.74) is 1.99. The normalized spacial score (nSPS) is 15.3. The van der Waals surface area contributed by atoms with E-state index in [9.17, 15) is 9.90 Å². The van der Waals surface area contributed by atoms with Crippen LogP contribution >= 0.6 is 11.3 Å². The summed E-state index contributed by atoms with van der Waals surface area (Å²) >= 11 is 1.47. The number of rotatable bonds is 5. The molecule has 0 spiro atoms. The highest BCUT2D eigenvalue weighted by Gasteiger charge is 2.25. The molecule has 0 radical (unpaired) electrons. The van der Waals surface area contributed by atoms with Crippen LogP contribution in [-0.4, -0.2) is 50.6 Å². The van der Waals surface area contributed by atoms with E-state index in [4.69, 9.17) is 0 Å². The number of aromatic nitrogens is 3. The number of thiophene rings is 1. The zero-order chi connectivity index (χ0) is 17.9. The lowest BCUT2D eigenvalue weighted by molar-refractivity contribution is 0.0789. The van der Waals surface area contributed by atoms with Gasteiger partial charge >= 0.3 is 0 Å². The highest BCUT2D eigenvalue weighted by atomic mass is 32.1. The van der Waals surface area contributed by atoms with Gasteiger partial charge in [0.1, 0.15) is 0 Å². The van der Waals surface area contributed by atoms with Crippen molar-refractivity contribution in [2.75, 3.05) is 25.0 Å². The van der Waals surface area contributed by atoms with E-state index in [1.54, 1.807) is 12.4 Å². The first-order valence-corrected chi connectivity index (χ1v) is 9.46. The minimum Gasteiger partial charge on any atom is -0.394 e. The Morgan fingerprint density at radius 1 is 1.31 bits per heavy atom. The lowest BCUT2D eigenvalue weighted by atomic mass is 10.1. The Labute approximate surface area is 154 Å². The van der Waals surface area contributed by atoms with E-state index in [-0.39, 0.29) is 12.5 Å². The molecule has 134 valence electrons. The van der Waals surface area contributed by atoms with Crippen molar-refractivity contribution in [1.82, 2.24) is 19.9 Å². The van der Waals surface area contributed by atoms with E-state index < -0.39 is 6.04 Å². The number of nitrogens with one attached hydrogen (secondary N) is 1. The quantitative estimate of drug-likeness (QED) is 0.718. The molecule has 26 heavy (non-hydrogen) atoms. The van der Waals surface area contributed by atoms with Crippen LogP contribution in [0.4, 0.5) is 5.95 Å². The van der Waals surface area contributed by atoms with Crippen LogP contribution in [0.5, 0.6) is 0 Å². The van der Waals surface area contributed by atoms with Crippen LogP contribution < -0.4 is 5.32 Å². The number of carbonyl (C=O) groups is 1. The fourth-order valence-corrected chi connectivity index (χ4v) is 3.93. The molecule has 3 aromatic rings. The van der Waals surface area contributed by atoms with Gasteiger partial charge in [0.05, 0.1) is 22.9 Å². The second-order valence-corrected chi connectivity index (χ2v) is 7.11. The van der Waals surface area contributed by atoms with Crippen LogP contribution in [0.3, 0.4) is 0 Å². The lowest BCUT2D eigenvalue weighted by Gasteiger charge is -2.18. The van der Waals surface area contributed by atoms with Crippen molar-refractivity contribution in [3.63, 3.8) is 0 Å². The second-order valence-electron chi connectivity index (χ2n) is 6.20. The third kappa shape index (κ3) is 3.25. The Balaban J connectivity index is 1.68. The number of aliphatic hydroxyl groups is 1. The van der Waals surface area contributed by atoms with Crippen molar-refractivity contribution in [2.45, 2.75) is 18.9 Å². The van der Waals surface area contributed by atoms with Gasteiger partial charge in [0.2, 0.25) is 5.95 Å². The van der Waals surface area contributed by atoms with E-state index in [0.29, 0.717) is 11.6 Å². The van der Waals surface area contributed by atoms with Crippen molar-refractivity contribution >= 4 is 33.4 Å². The summed E-state index contributed by atoms with van der Waals surface area (Å²) < 4.78 is 0.800. The van der Waals surface area contributed by atoms with Gasteiger partial charge in [-0.3, -0.25) is 9.78 Å². The lowest BCUT2D eigenvalue weighted by Crippen LogP contribution is -2.29. The van der Waals surface area contributed by atoms with Gasteiger partial charge in [0.15, 0.2) is 5.69 Å². The first-order valence-electron chi connectivity index (χ1n) is 8.58. The Morgan fingerprint density at radius 3 is 2.88 bits per heavy atom. The molecule has 3 aromatic heterocycles. The summed E-state index contributed by atoms with van der Waals surface area (Å²) in [5.74, 6) is 0.281. The van der Waals surface area contributed by atoms with Crippen molar-refractivity contribution in [3.8, 4) is 0 Å². The average Bonchev–Trinajstić information content (AvgIpc) is 3.37. The molecule has 0 aliphatic carbocycles. The predicted molar refractivity (Wildman–Crippen MR) is 100 cm³/mol. The van der Waals surface area contributed by atoms with Gasteiger partial charge < -0.3 is 15.3 Å². The summed E-state index contributed by atoms with van der Waals surface area (Å²) in [6.07, 6.45) is 5.43. The smallest absolute Gasteiger partial charge is 0.274 e. The molecule has 1 unspecified atom stereocenters. The molecule has 0 saturated carbocycles. The molecule has 1 atom stereocenters. The Hall–Kier alpha value is -2.58. The molecule has 0 aromatic carbocycles. The first kappa shape index (κ1) is 16.9. The Morgan fingerprint density at radius 2 is 2.15 bits per heavy atom. The highest BCUT2D eigenvalue weighted by molar-refractivity contribution is 7.17. The number of nitrogens with zero attached hydrogens (tertiary/aromatic N) is 4. The van der Waals surface area contributed by atoms with Gasteiger partial charge in [-0.15, -0.1) is 11.3 Å². The number of aliphatic hydroxyl groups excluding tert-OH is 1. The van der Waals surface area contributed by atoms with Crippen LogP contribution in [0.1, 0.15) is 34.9 Å². The zero-order valence-corrected chi connectivity index (χ0v) is 14.9. The maximum atomic E-state index is 12.9. The standard InChI is InChI=1S/C18H19N5O2S/c24-11-14(12-4-3-6-19-10-12)21-18-20-13-5-9-26-16(13)15(22-18)17(25)23-7-1-2-8-23/h3-6,9-10,14,24H,1-2,7-8,11H2,(H,20,21,22). The number of hydrogen-bond donors (Lipinski definition) is 2. The van der Waals surface area contributed by atoms with Crippen molar-refractivity contribution in [3.05, 3.63) is 47.2 Å². The molecular weight excluding hydrogens is 350 g/mol. The van der Waals surface area contributed by atoms with Crippen LogP contribution in [0.25, 0.3) is 10.2 Å². The third-order valence-corrected chi connectivity index (χ3v) is 5.38. The third-order valence-electron chi connectivity index (χ3n) is 4.47. The first-order chi connectivity index (χ1) is 12.8. The maximum Gasteiger partial charge on any atom is 0.274 e. The molecule has 1 fully saturated rings. The maximum absolute atomic E-state index is 12.9. The summed E-state index contributed by atoms with van der Waals surface area (Å²) in [5, 5.41) is 14.8. The molecule has 4 rings (SSSR count). The van der Waals surface area contributed by atoms with Gasteiger partial charge in [-0.25, -0.2) is 9.97 Å². The van der Waals surface area contributed by atoms with E-state index in [0.717, 1.165) is 41.7 Å². The molecule has 1 saturated heterocycles. The SMILES string of the molecule is O=C(c1nc(NC(CO)c2cccnc2)nc2ccsc12)N1CCCC1. The molecule has 1 amide bonds. The van der Waals surface area contributed by atoms with Crippen LogP contribution in [0.2, 0.25) is 0 Å². The van der Waals surface area contributed by atoms with Crippen molar-refractivity contribution in [2.24, 2.45) is 0 Å². The number of carbonyl (C=O) groups excluding carboxylic acids is 1. The number of anilines is 1. The van der Waals surface area contributed by atoms with Gasteiger partial charge in [-0.05, 0) is 35.9 Å². The van der Waals surface area contributed by atoms with Gasteiger partial charge in [-0.1, -0.05) is 6.07 Å². The van der Waals surface area contributed by atoms with E-state index >= 15 is 0 Å². The van der Waals surface area contributed by atoms with Crippen molar-refractivity contribution < 1.29 is 9.90 Å². The number of pyridine rings is 1. The Kier molecular flexibility index (Phi) is 4.77. The minimum absolute atomic E-state index is 0.0534. The molecule has 4 heterocycles.